The quantitative estimate of drug-likeness (QED) is 0.344. The van der Waals surface area contributed by atoms with Gasteiger partial charge in [-0.1, -0.05) is 11.8 Å². The first-order valence-corrected chi connectivity index (χ1v) is 9.71. The molecular weight excluding hydrogens is 394 g/mol. The predicted molar refractivity (Wildman–Crippen MR) is 110 cm³/mol. The smallest absolute Gasteiger partial charge is 0.269 e. The number of carbonyl (C=O) groups excluding carboxylic acids is 1. The second-order valence-corrected chi connectivity index (χ2v) is 7.46. The van der Waals surface area contributed by atoms with Gasteiger partial charge in [-0.2, -0.15) is 0 Å². The summed E-state index contributed by atoms with van der Waals surface area (Å²) in [5.41, 5.74) is 1.25. The van der Waals surface area contributed by atoms with E-state index in [0.717, 1.165) is 5.56 Å². The number of phenols is 1. The standard InChI is InChI=1S/C19H19N5O4S/c1-3-23-17(13-4-10-16(25)11-5-13)21-22-19(23)29-12(2)18(26)20-14-6-8-15(9-7-14)24(27)28/h4-12,25H,3H2,1-2H3,(H,20,26)/t12-/m1/s1. The Kier molecular flexibility index (Phi) is 6.13. The fourth-order valence-corrected chi connectivity index (χ4v) is 3.52. The van der Waals surface area contributed by atoms with Crippen molar-refractivity contribution in [3.63, 3.8) is 0 Å². The minimum atomic E-state index is -0.493. The fraction of sp³-hybridized carbons (Fsp3) is 0.211. The maximum Gasteiger partial charge on any atom is 0.269 e. The van der Waals surface area contributed by atoms with Gasteiger partial charge in [-0.05, 0) is 50.2 Å². The van der Waals surface area contributed by atoms with Crippen molar-refractivity contribution in [1.29, 1.82) is 0 Å². The molecule has 0 unspecified atom stereocenters. The highest BCUT2D eigenvalue weighted by Crippen LogP contribution is 2.28. The maximum absolute atomic E-state index is 12.5. The molecule has 0 bridgehead atoms. The van der Waals surface area contributed by atoms with E-state index in [1.54, 1.807) is 31.2 Å². The van der Waals surface area contributed by atoms with Gasteiger partial charge in [0.15, 0.2) is 11.0 Å². The van der Waals surface area contributed by atoms with Gasteiger partial charge in [0.2, 0.25) is 5.91 Å². The highest BCUT2D eigenvalue weighted by Gasteiger charge is 2.20. The van der Waals surface area contributed by atoms with Gasteiger partial charge in [0.1, 0.15) is 5.75 Å². The molecule has 10 heteroatoms. The van der Waals surface area contributed by atoms with Gasteiger partial charge in [0, 0.05) is 29.9 Å². The number of anilines is 1. The van der Waals surface area contributed by atoms with Crippen LogP contribution in [-0.4, -0.2) is 36.0 Å². The van der Waals surface area contributed by atoms with E-state index in [-0.39, 0.29) is 17.3 Å². The number of amides is 1. The third-order valence-corrected chi connectivity index (χ3v) is 5.24. The van der Waals surface area contributed by atoms with Gasteiger partial charge in [0.25, 0.3) is 5.69 Å². The molecule has 0 saturated carbocycles. The lowest BCUT2D eigenvalue weighted by molar-refractivity contribution is -0.384. The van der Waals surface area contributed by atoms with Gasteiger partial charge < -0.3 is 15.0 Å². The molecule has 0 fully saturated rings. The van der Waals surface area contributed by atoms with Crippen LogP contribution in [0.3, 0.4) is 0 Å². The van der Waals surface area contributed by atoms with Gasteiger partial charge in [-0.15, -0.1) is 10.2 Å². The van der Waals surface area contributed by atoms with Gasteiger partial charge in [-0.25, -0.2) is 0 Å². The Morgan fingerprint density at radius 3 is 2.45 bits per heavy atom. The number of aromatic nitrogens is 3. The highest BCUT2D eigenvalue weighted by atomic mass is 32.2. The van der Waals surface area contributed by atoms with E-state index >= 15 is 0 Å². The number of rotatable bonds is 7. The number of benzene rings is 2. The molecule has 0 saturated heterocycles. The lowest BCUT2D eigenvalue weighted by Crippen LogP contribution is -2.22. The molecule has 1 aromatic heterocycles. The molecule has 1 heterocycles. The third-order valence-electron chi connectivity index (χ3n) is 4.16. The first-order valence-electron chi connectivity index (χ1n) is 8.83. The van der Waals surface area contributed by atoms with Crippen molar-refractivity contribution in [2.45, 2.75) is 30.8 Å². The molecule has 2 N–H and O–H groups in total. The topological polar surface area (TPSA) is 123 Å². The van der Waals surface area contributed by atoms with E-state index in [9.17, 15) is 20.0 Å². The Labute approximate surface area is 170 Å². The van der Waals surface area contributed by atoms with Crippen molar-refractivity contribution in [2.75, 3.05) is 5.32 Å². The zero-order valence-corrected chi connectivity index (χ0v) is 16.6. The van der Waals surface area contributed by atoms with E-state index in [1.807, 2.05) is 11.5 Å². The highest BCUT2D eigenvalue weighted by molar-refractivity contribution is 8.00. The SMILES string of the molecule is CCn1c(S[C@H](C)C(=O)Nc2ccc([N+](=O)[O-])cc2)nnc1-c1ccc(O)cc1. The predicted octanol–water partition coefficient (Wildman–Crippen LogP) is 3.70. The summed E-state index contributed by atoms with van der Waals surface area (Å²) in [5.74, 6) is 0.570. The van der Waals surface area contributed by atoms with Crippen LogP contribution in [0.15, 0.2) is 53.7 Å². The van der Waals surface area contributed by atoms with Crippen LogP contribution in [0.4, 0.5) is 11.4 Å². The Morgan fingerprint density at radius 2 is 1.86 bits per heavy atom. The summed E-state index contributed by atoms with van der Waals surface area (Å²) < 4.78 is 1.90. The Bertz CT molecular complexity index is 1020. The number of nitro benzene ring substituents is 1. The van der Waals surface area contributed by atoms with E-state index in [0.29, 0.717) is 23.2 Å². The number of thioether (sulfide) groups is 1. The van der Waals surface area contributed by atoms with Crippen LogP contribution in [0.25, 0.3) is 11.4 Å². The minimum absolute atomic E-state index is 0.0387. The molecular formula is C19H19N5O4S. The summed E-state index contributed by atoms with van der Waals surface area (Å²) in [6.45, 7) is 4.32. The molecule has 1 atom stereocenters. The maximum atomic E-state index is 12.5. The summed E-state index contributed by atoms with van der Waals surface area (Å²) in [6.07, 6.45) is 0. The van der Waals surface area contributed by atoms with E-state index in [2.05, 4.69) is 15.5 Å². The number of nitrogens with one attached hydrogen (secondary N) is 1. The molecule has 3 rings (SSSR count). The van der Waals surface area contributed by atoms with Crippen LogP contribution in [0.5, 0.6) is 5.75 Å². The van der Waals surface area contributed by atoms with Gasteiger partial charge in [0.05, 0.1) is 10.2 Å². The molecule has 150 valence electrons. The van der Waals surface area contributed by atoms with Crippen LogP contribution in [-0.2, 0) is 11.3 Å². The van der Waals surface area contributed by atoms with Crippen molar-refractivity contribution in [3.05, 3.63) is 58.6 Å². The summed E-state index contributed by atoms with van der Waals surface area (Å²) in [6, 6.07) is 12.3. The third kappa shape index (κ3) is 4.72. The van der Waals surface area contributed by atoms with Gasteiger partial charge >= 0.3 is 0 Å². The Morgan fingerprint density at radius 1 is 1.21 bits per heavy atom. The number of phenolic OH excluding ortho intramolecular Hbond substituents is 1. The zero-order valence-electron chi connectivity index (χ0n) is 15.8. The van der Waals surface area contributed by atoms with E-state index in [4.69, 9.17) is 0 Å². The molecule has 0 radical (unpaired) electrons. The van der Waals surface area contributed by atoms with E-state index in [1.165, 1.54) is 36.0 Å². The molecule has 1 amide bonds. The molecule has 29 heavy (non-hydrogen) atoms. The van der Waals surface area contributed by atoms with Gasteiger partial charge in [-0.3, -0.25) is 14.9 Å². The number of carbonyl (C=O) groups is 1. The van der Waals surface area contributed by atoms with Crippen molar-refractivity contribution in [2.24, 2.45) is 0 Å². The molecule has 2 aromatic carbocycles. The minimum Gasteiger partial charge on any atom is -0.508 e. The lowest BCUT2D eigenvalue weighted by Gasteiger charge is -2.13. The molecule has 0 aliphatic heterocycles. The summed E-state index contributed by atoms with van der Waals surface area (Å²) in [4.78, 5) is 22.7. The average Bonchev–Trinajstić information content (AvgIpc) is 3.11. The molecule has 0 aliphatic carbocycles. The number of nitrogens with zero attached hydrogens (tertiary/aromatic N) is 4. The normalized spacial score (nSPS) is 11.8. The first kappa shape index (κ1) is 20.3. The number of nitro groups is 1. The van der Waals surface area contributed by atoms with Crippen LogP contribution in [0.2, 0.25) is 0 Å². The Hall–Kier alpha value is -3.40. The van der Waals surface area contributed by atoms with Crippen LogP contribution in [0, 0.1) is 10.1 Å². The summed E-state index contributed by atoms with van der Waals surface area (Å²) in [5, 5.41) is 31.5. The number of non-ortho nitro benzene ring substituents is 1. The monoisotopic (exact) mass is 413 g/mol. The van der Waals surface area contributed by atoms with Crippen molar-refractivity contribution < 1.29 is 14.8 Å². The fourth-order valence-electron chi connectivity index (χ4n) is 2.61. The summed E-state index contributed by atoms with van der Waals surface area (Å²) >= 11 is 1.27. The van der Waals surface area contributed by atoms with Crippen LogP contribution in [0.1, 0.15) is 13.8 Å². The Balaban J connectivity index is 1.71. The van der Waals surface area contributed by atoms with Crippen molar-refractivity contribution in [1.82, 2.24) is 14.8 Å². The van der Waals surface area contributed by atoms with Crippen molar-refractivity contribution in [3.8, 4) is 17.1 Å². The number of aromatic hydroxyl groups is 1. The first-order chi connectivity index (χ1) is 13.9. The van der Waals surface area contributed by atoms with E-state index < -0.39 is 10.2 Å². The molecule has 0 spiro atoms. The number of hydrogen-bond donors (Lipinski definition) is 2. The second-order valence-electron chi connectivity index (χ2n) is 6.15. The molecule has 3 aromatic rings. The zero-order chi connectivity index (χ0) is 21.0. The largest absolute Gasteiger partial charge is 0.508 e. The van der Waals surface area contributed by atoms with Crippen molar-refractivity contribution >= 4 is 29.0 Å². The summed E-state index contributed by atoms with van der Waals surface area (Å²) in [7, 11) is 0. The lowest BCUT2D eigenvalue weighted by atomic mass is 10.2. The second kappa shape index (κ2) is 8.74. The van der Waals surface area contributed by atoms with Crippen LogP contribution >= 0.6 is 11.8 Å². The van der Waals surface area contributed by atoms with Crippen LogP contribution < -0.4 is 5.32 Å². The number of hydrogen-bond acceptors (Lipinski definition) is 7. The average molecular weight is 413 g/mol. The molecule has 0 aliphatic rings. The molecule has 9 nitrogen and oxygen atoms in total.